The molecule has 0 bridgehead atoms. The Morgan fingerprint density at radius 1 is 1.38 bits per heavy atom. The largest absolute Gasteiger partial charge is 0.480 e. The summed E-state index contributed by atoms with van der Waals surface area (Å²) in [7, 11) is 1.65. The van der Waals surface area contributed by atoms with Gasteiger partial charge in [0.2, 0.25) is 5.88 Å². The van der Waals surface area contributed by atoms with E-state index in [1.807, 2.05) is 12.1 Å². The molecule has 0 saturated carbocycles. The third kappa shape index (κ3) is 2.48. The van der Waals surface area contributed by atoms with Gasteiger partial charge in [0.15, 0.2) is 0 Å². The van der Waals surface area contributed by atoms with Gasteiger partial charge in [-0.3, -0.25) is 0 Å². The number of pyridine rings is 1. The van der Waals surface area contributed by atoms with Crippen LogP contribution in [0.25, 0.3) is 0 Å². The molecular formula is C12H17BrN2O. The number of rotatable bonds is 2. The molecule has 3 nitrogen and oxygen atoms in total. The van der Waals surface area contributed by atoms with Crippen molar-refractivity contribution in [2.45, 2.75) is 19.8 Å². The quantitative estimate of drug-likeness (QED) is 0.835. The molecule has 1 aliphatic heterocycles. The number of anilines is 1. The van der Waals surface area contributed by atoms with E-state index in [4.69, 9.17) is 4.74 Å². The van der Waals surface area contributed by atoms with Crippen LogP contribution in [0.1, 0.15) is 19.8 Å². The number of aromatic nitrogens is 1. The van der Waals surface area contributed by atoms with Gasteiger partial charge in [0, 0.05) is 13.1 Å². The Bertz CT molecular complexity index is 362. The summed E-state index contributed by atoms with van der Waals surface area (Å²) in [4.78, 5) is 6.82. The van der Waals surface area contributed by atoms with Crippen molar-refractivity contribution < 1.29 is 4.74 Å². The normalized spacial score (nSPS) is 17.6. The van der Waals surface area contributed by atoms with E-state index >= 15 is 0 Å². The molecule has 1 aromatic rings. The van der Waals surface area contributed by atoms with Crippen molar-refractivity contribution in [1.82, 2.24) is 4.98 Å². The minimum atomic E-state index is 0.663. The van der Waals surface area contributed by atoms with E-state index in [1.165, 1.54) is 12.8 Å². The average Bonchev–Trinajstić information content (AvgIpc) is 2.31. The SMILES string of the molecule is COc1nc(N2CCC(C)CC2)ccc1Br. The first-order valence-corrected chi connectivity index (χ1v) is 6.45. The van der Waals surface area contributed by atoms with Gasteiger partial charge in [-0.25, -0.2) is 0 Å². The van der Waals surface area contributed by atoms with Crippen LogP contribution in [0.4, 0.5) is 5.82 Å². The van der Waals surface area contributed by atoms with Gasteiger partial charge in [0.25, 0.3) is 0 Å². The number of halogens is 1. The summed E-state index contributed by atoms with van der Waals surface area (Å²) >= 11 is 3.42. The van der Waals surface area contributed by atoms with E-state index in [9.17, 15) is 0 Å². The molecule has 0 N–H and O–H groups in total. The highest BCUT2D eigenvalue weighted by Gasteiger charge is 2.17. The maximum Gasteiger partial charge on any atom is 0.229 e. The van der Waals surface area contributed by atoms with Crippen LogP contribution in [0.15, 0.2) is 16.6 Å². The van der Waals surface area contributed by atoms with Crippen LogP contribution in [0.5, 0.6) is 5.88 Å². The van der Waals surface area contributed by atoms with Gasteiger partial charge in [-0.2, -0.15) is 4.98 Å². The van der Waals surface area contributed by atoms with Crippen LogP contribution in [0, 0.1) is 5.92 Å². The molecule has 1 aromatic heterocycles. The van der Waals surface area contributed by atoms with Crippen molar-refractivity contribution in [3.05, 3.63) is 16.6 Å². The van der Waals surface area contributed by atoms with Crippen LogP contribution in [-0.2, 0) is 0 Å². The van der Waals surface area contributed by atoms with Crippen molar-refractivity contribution in [2.24, 2.45) is 5.92 Å². The van der Waals surface area contributed by atoms with E-state index < -0.39 is 0 Å². The summed E-state index contributed by atoms with van der Waals surface area (Å²) < 4.78 is 6.12. The number of methoxy groups -OCH3 is 1. The summed E-state index contributed by atoms with van der Waals surface area (Å²) in [5.74, 6) is 2.52. The highest BCUT2D eigenvalue weighted by atomic mass is 79.9. The maximum absolute atomic E-state index is 5.21. The van der Waals surface area contributed by atoms with E-state index in [0.29, 0.717) is 5.88 Å². The van der Waals surface area contributed by atoms with E-state index in [-0.39, 0.29) is 0 Å². The van der Waals surface area contributed by atoms with Crippen LogP contribution in [0.2, 0.25) is 0 Å². The smallest absolute Gasteiger partial charge is 0.229 e. The molecular weight excluding hydrogens is 268 g/mol. The Balaban J connectivity index is 2.14. The lowest BCUT2D eigenvalue weighted by Crippen LogP contribution is -2.33. The summed E-state index contributed by atoms with van der Waals surface area (Å²) in [5, 5.41) is 0. The monoisotopic (exact) mass is 284 g/mol. The maximum atomic E-state index is 5.21. The van der Waals surface area contributed by atoms with E-state index in [2.05, 4.69) is 32.7 Å². The first-order chi connectivity index (χ1) is 7.70. The van der Waals surface area contributed by atoms with Gasteiger partial charge in [0.1, 0.15) is 5.82 Å². The van der Waals surface area contributed by atoms with Crippen LogP contribution < -0.4 is 9.64 Å². The molecule has 2 heterocycles. The second-order valence-electron chi connectivity index (χ2n) is 4.33. The molecule has 0 unspecified atom stereocenters. The lowest BCUT2D eigenvalue weighted by Gasteiger charge is -2.31. The molecule has 0 amide bonds. The molecule has 4 heteroatoms. The average molecular weight is 285 g/mol. The van der Waals surface area contributed by atoms with Gasteiger partial charge in [-0.1, -0.05) is 6.92 Å². The zero-order valence-corrected chi connectivity index (χ0v) is 11.3. The lowest BCUT2D eigenvalue weighted by atomic mass is 9.99. The minimum absolute atomic E-state index is 0.663. The molecule has 1 aliphatic rings. The summed E-state index contributed by atoms with van der Waals surface area (Å²) in [6.45, 7) is 4.50. The standard InChI is InChI=1S/C12H17BrN2O/c1-9-5-7-15(8-6-9)11-4-3-10(13)12(14-11)16-2/h3-4,9H,5-8H2,1-2H3. The first kappa shape index (κ1) is 11.7. The Kier molecular flexibility index (Phi) is 3.69. The number of piperidine rings is 1. The lowest BCUT2D eigenvalue weighted by molar-refractivity contribution is 0.392. The zero-order chi connectivity index (χ0) is 11.5. The van der Waals surface area contributed by atoms with Gasteiger partial charge in [-0.15, -0.1) is 0 Å². The zero-order valence-electron chi connectivity index (χ0n) is 9.74. The highest BCUT2D eigenvalue weighted by molar-refractivity contribution is 9.10. The highest BCUT2D eigenvalue weighted by Crippen LogP contribution is 2.27. The third-order valence-corrected chi connectivity index (χ3v) is 3.70. The topological polar surface area (TPSA) is 25.4 Å². The molecule has 16 heavy (non-hydrogen) atoms. The second-order valence-corrected chi connectivity index (χ2v) is 5.18. The number of nitrogens with zero attached hydrogens (tertiary/aromatic N) is 2. The molecule has 88 valence electrons. The number of hydrogen-bond donors (Lipinski definition) is 0. The van der Waals surface area contributed by atoms with Crippen molar-refractivity contribution in [2.75, 3.05) is 25.1 Å². The summed E-state index contributed by atoms with van der Waals surface area (Å²) in [6.07, 6.45) is 2.50. The van der Waals surface area contributed by atoms with Gasteiger partial charge >= 0.3 is 0 Å². The first-order valence-electron chi connectivity index (χ1n) is 5.66. The van der Waals surface area contributed by atoms with Crippen molar-refractivity contribution >= 4 is 21.7 Å². The molecule has 0 aromatic carbocycles. The fourth-order valence-corrected chi connectivity index (χ4v) is 2.35. The van der Waals surface area contributed by atoms with Crippen molar-refractivity contribution in [3.8, 4) is 5.88 Å². The Labute approximate surface area is 105 Å². The van der Waals surface area contributed by atoms with Crippen LogP contribution >= 0.6 is 15.9 Å². The number of ether oxygens (including phenoxy) is 1. The molecule has 1 saturated heterocycles. The molecule has 0 radical (unpaired) electrons. The van der Waals surface area contributed by atoms with Gasteiger partial charge < -0.3 is 9.64 Å². The second kappa shape index (κ2) is 5.04. The van der Waals surface area contributed by atoms with Crippen molar-refractivity contribution in [3.63, 3.8) is 0 Å². The number of hydrogen-bond acceptors (Lipinski definition) is 3. The molecule has 0 aliphatic carbocycles. The molecule has 0 spiro atoms. The van der Waals surface area contributed by atoms with Crippen molar-refractivity contribution in [1.29, 1.82) is 0 Å². The van der Waals surface area contributed by atoms with Gasteiger partial charge in [0.05, 0.1) is 11.6 Å². The summed E-state index contributed by atoms with van der Waals surface area (Å²) in [6, 6.07) is 4.04. The van der Waals surface area contributed by atoms with E-state index in [1.54, 1.807) is 7.11 Å². The van der Waals surface area contributed by atoms with Gasteiger partial charge in [-0.05, 0) is 46.8 Å². The van der Waals surface area contributed by atoms with E-state index in [0.717, 1.165) is 29.3 Å². The predicted octanol–water partition coefficient (Wildman–Crippen LogP) is 3.09. The molecule has 2 rings (SSSR count). The fraction of sp³-hybridized carbons (Fsp3) is 0.583. The molecule has 0 atom stereocenters. The summed E-state index contributed by atoms with van der Waals surface area (Å²) in [5.41, 5.74) is 0. The third-order valence-electron chi connectivity index (χ3n) is 3.10. The van der Waals surface area contributed by atoms with Crippen LogP contribution in [-0.4, -0.2) is 25.2 Å². The Morgan fingerprint density at radius 3 is 2.69 bits per heavy atom. The van der Waals surface area contributed by atoms with Crippen LogP contribution in [0.3, 0.4) is 0 Å². The fourth-order valence-electron chi connectivity index (χ4n) is 1.97. The predicted molar refractivity (Wildman–Crippen MR) is 69.1 cm³/mol. The minimum Gasteiger partial charge on any atom is -0.480 e. The Morgan fingerprint density at radius 2 is 2.06 bits per heavy atom. The Hall–Kier alpha value is -0.770. The molecule has 1 fully saturated rings.